The molecule has 216 valence electrons. The van der Waals surface area contributed by atoms with Gasteiger partial charge in [0.15, 0.2) is 5.78 Å². The van der Waals surface area contributed by atoms with Gasteiger partial charge in [-0.2, -0.15) is 0 Å². The fraction of sp³-hybridized carbons (Fsp3) is 0.583. The number of hydrogen-bond donors (Lipinski definition) is 0. The van der Waals surface area contributed by atoms with Gasteiger partial charge in [0.2, 0.25) is 0 Å². The number of para-hydroxylation sites is 1. The highest BCUT2D eigenvalue weighted by atomic mass is 32.2. The normalized spacial score (nSPS) is 11.3. The Morgan fingerprint density at radius 2 is 1.18 bits per heavy atom. The predicted molar refractivity (Wildman–Crippen MR) is 172 cm³/mol. The summed E-state index contributed by atoms with van der Waals surface area (Å²) in [6.45, 7) is 4.77. The molecule has 0 fully saturated rings. The van der Waals surface area contributed by atoms with E-state index in [0.29, 0.717) is 17.9 Å². The molecule has 0 saturated carbocycles. The van der Waals surface area contributed by atoms with Gasteiger partial charge in [-0.25, -0.2) is 0 Å². The standard InChI is InChI=1S/C36H54O2S/c1-3-5-6-7-8-9-10-11-12-13-14-15-16-17-18-19-22-31-39-33-28-25-32(26-29-33)27-30-35(37)34-23-20-21-24-36(34)38-4-2/h20-21,23-30H,3-19,22,31H2,1-2H3/b30-27+. The van der Waals surface area contributed by atoms with Crippen molar-refractivity contribution < 1.29 is 9.53 Å². The van der Waals surface area contributed by atoms with Gasteiger partial charge in [0.05, 0.1) is 12.2 Å². The quantitative estimate of drug-likeness (QED) is 0.0562. The van der Waals surface area contributed by atoms with Crippen LogP contribution < -0.4 is 4.74 Å². The van der Waals surface area contributed by atoms with Crippen molar-refractivity contribution in [1.29, 1.82) is 0 Å². The summed E-state index contributed by atoms with van der Waals surface area (Å²) in [4.78, 5) is 13.9. The molecule has 39 heavy (non-hydrogen) atoms. The van der Waals surface area contributed by atoms with Gasteiger partial charge >= 0.3 is 0 Å². The van der Waals surface area contributed by atoms with Gasteiger partial charge in [0.25, 0.3) is 0 Å². The summed E-state index contributed by atoms with van der Waals surface area (Å²) >= 11 is 1.94. The Kier molecular flexibility index (Phi) is 19.4. The maximum Gasteiger partial charge on any atom is 0.189 e. The number of rotatable bonds is 24. The molecule has 0 aromatic heterocycles. The summed E-state index contributed by atoms with van der Waals surface area (Å²) in [5.74, 6) is 1.79. The number of thioether (sulfide) groups is 1. The zero-order chi connectivity index (χ0) is 27.8. The highest BCUT2D eigenvalue weighted by Crippen LogP contribution is 2.22. The van der Waals surface area contributed by atoms with Gasteiger partial charge in [-0.05, 0) is 55.0 Å². The van der Waals surface area contributed by atoms with Crippen molar-refractivity contribution in [2.75, 3.05) is 12.4 Å². The van der Waals surface area contributed by atoms with Crippen LogP contribution in [0, 0.1) is 0 Å². The third-order valence-corrected chi connectivity index (χ3v) is 8.37. The lowest BCUT2D eigenvalue weighted by Crippen LogP contribution is -2.01. The summed E-state index contributed by atoms with van der Waals surface area (Å²) in [5.41, 5.74) is 1.65. The molecule has 0 saturated heterocycles. The summed E-state index contributed by atoms with van der Waals surface area (Å²) in [7, 11) is 0. The second-order valence-corrected chi connectivity index (χ2v) is 11.9. The van der Waals surface area contributed by atoms with Gasteiger partial charge in [-0.3, -0.25) is 4.79 Å². The minimum Gasteiger partial charge on any atom is -0.493 e. The van der Waals surface area contributed by atoms with Gasteiger partial charge in [0.1, 0.15) is 5.75 Å². The topological polar surface area (TPSA) is 26.3 Å². The smallest absolute Gasteiger partial charge is 0.189 e. The van der Waals surface area contributed by atoms with Crippen LogP contribution in [0.25, 0.3) is 6.08 Å². The molecular weight excluding hydrogens is 496 g/mol. The average molecular weight is 551 g/mol. The van der Waals surface area contributed by atoms with E-state index in [1.54, 1.807) is 6.08 Å². The van der Waals surface area contributed by atoms with Crippen molar-refractivity contribution in [1.82, 2.24) is 0 Å². The van der Waals surface area contributed by atoms with E-state index in [1.807, 2.05) is 49.0 Å². The highest BCUT2D eigenvalue weighted by molar-refractivity contribution is 7.99. The number of unbranched alkanes of at least 4 members (excludes halogenated alkanes) is 16. The van der Waals surface area contributed by atoms with E-state index in [-0.39, 0.29) is 5.78 Å². The molecule has 0 bridgehead atoms. The second-order valence-electron chi connectivity index (χ2n) is 10.7. The molecule has 0 unspecified atom stereocenters. The summed E-state index contributed by atoms with van der Waals surface area (Å²) in [5, 5.41) is 0. The van der Waals surface area contributed by atoms with Gasteiger partial charge in [0, 0.05) is 4.90 Å². The first-order valence-electron chi connectivity index (χ1n) is 15.9. The Hall–Kier alpha value is -2.00. The van der Waals surface area contributed by atoms with Crippen molar-refractivity contribution in [3.8, 4) is 5.75 Å². The third-order valence-electron chi connectivity index (χ3n) is 7.28. The lowest BCUT2D eigenvalue weighted by Gasteiger charge is -2.07. The van der Waals surface area contributed by atoms with Crippen LogP contribution in [0.5, 0.6) is 5.75 Å². The maximum absolute atomic E-state index is 12.6. The fourth-order valence-corrected chi connectivity index (χ4v) is 5.82. The number of allylic oxidation sites excluding steroid dienone is 1. The Bertz CT molecular complexity index is 903. The Morgan fingerprint density at radius 3 is 1.72 bits per heavy atom. The van der Waals surface area contributed by atoms with Crippen LogP contribution in [-0.4, -0.2) is 18.1 Å². The van der Waals surface area contributed by atoms with Gasteiger partial charge in [-0.1, -0.05) is 140 Å². The van der Waals surface area contributed by atoms with E-state index in [4.69, 9.17) is 4.74 Å². The van der Waals surface area contributed by atoms with Crippen molar-refractivity contribution in [2.24, 2.45) is 0 Å². The molecule has 0 radical (unpaired) electrons. The Labute approximate surface area is 244 Å². The van der Waals surface area contributed by atoms with E-state index in [9.17, 15) is 4.79 Å². The molecule has 0 amide bonds. The molecule has 0 heterocycles. The second kappa shape index (κ2) is 22.8. The molecule has 0 atom stereocenters. The van der Waals surface area contributed by atoms with Crippen LogP contribution >= 0.6 is 11.8 Å². The number of carbonyl (C=O) groups excluding carboxylic acids is 1. The lowest BCUT2D eigenvalue weighted by atomic mass is 10.0. The minimum absolute atomic E-state index is 0.0312. The summed E-state index contributed by atoms with van der Waals surface area (Å²) in [6.07, 6.45) is 27.6. The number of benzene rings is 2. The van der Waals surface area contributed by atoms with Crippen LogP contribution in [0.15, 0.2) is 59.5 Å². The lowest BCUT2D eigenvalue weighted by molar-refractivity contribution is 0.104. The molecule has 2 aromatic carbocycles. The molecule has 0 N–H and O–H groups in total. The van der Waals surface area contributed by atoms with Crippen LogP contribution in [0.2, 0.25) is 0 Å². The zero-order valence-corrected chi connectivity index (χ0v) is 25.7. The number of ether oxygens (including phenoxy) is 1. The number of carbonyl (C=O) groups is 1. The molecule has 0 aliphatic rings. The Morgan fingerprint density at radius 1 is 0.667 bits per heavy atom. The SMILES string of the molecule is CCCCCCCCCCCCCCCCCCCSc1ccc(/C=C/C(=O)c2ccccc2OCC)cc1. The monoisotopic (exact) mass is 550 g/mol. The van der Waals surface area contributed by atoms with Crippen LogP contribution in [-0.2, 0) is 0 Å². The van der Waals surface area contributed by atoms with E-state index in [0.717, 1.165) is 5.56 Å². The zero-order valence-electron chi connectivity index (χ0n) is 24.9. The fourth-order valence-electron chi connectivity index (χ4n) is 4.91. The molecule has 0 aliphatic carbocycles. The molecule has 0 aliphatic heterocycles. The maximum atomic E-state index is 12.6. The van der Waals surface area contributed by atoms with E-state index in [2.05, 4.69) is 31.2 Å². The van der Waals surface area contributed by atoms with Crippen LogP contribution in [0.1, 0.15) is 139 Å². The molecule has 2 rings (SSSR count). The van der Waals surface area contributed by atoms with Crippen molar-refractivity contribution in [3.05, 3.63) is 65.7 Å². The molecule has 2 aromatic rings. The Balaban J connectivity index is 1.45. The number of hydrogen-bond acceptors (Lipinski definition) is 3. The molecule has 2 nitrogen and oxygen atoms in total. The minimum atomic E-state index is -0.0312. The molecule has 3 heteroatoms. The van der Waals surface area contributed by atoms with Crippen LogP contribution in [0.4, 0.5) is 0 Å². The average Bonchev–Trinajstić information content (AvgIpc) is 2.96. The van der Waals surface area contributed by atoms with Crippen molar-refractivity contribution in [3.63, 3.8) is 0 Å². The first-order chi connectivity index (χ1) is 19.2. The number of ketones is 1. The first-order valence-corrected chi connectivity index (χ1v) is 16.9. The summed E-state index contributed by atoms with van der Waals surface area (Å²) < 4.78 is 5.58. The largest absolute Gasteiger partial charge is 0.493 e. The first kappa shape index (κ1) is 33.2. The highest BCUT2D eigenvalue weighted by Gasteiger charge is 2.08. The van der Waals surface area contributed by atoms with E-state index < -0.39 is 0 Å². The van der Waals surface area contributed by atoms with Gasteiger partial charge in [-0.15, -0.1) is 11.8 Å². The van der Waals surface area contributed by atoms with Crippen LogP contribution in [0.3, 0.4) is 0 Å². The predicted octanol–water partition coefficient (Wildman–Crippen LogP) is 11.7. The van der Waals surface area contributed by atoms with Crippen molar-refractivity contribution >= 4 is 23.6 Å². The molecule has 0 spiro atoms. The van der Waals surface area contributed by atoms with E-state index in [1.165, 1.54) is 120 Å². The van der Waals surface area contributed by atoms with E-state index >= 15 is 0 Å². The van der Waals surface area contributed by atoms with Gasteiger partial charge < -0.3 is 4.74 Å². The van der Waals surface area contributed by atoms with Crippen molar-refractivity contribution in [2.45, 2.75) is 128 Å². The third kappa shape index (κ3) is 16.0. The molecular formula is C36H54O2S. The summed E-state index contributed by atoms with van der Waals surface area (Å²) in [6, 6.07) is 15.9.